The van der Waals surface area contributed by atoms with Gasteiger partial charge in [-0.15, -0.1) is 5.10 Å². The number of carbonyl (C=O) groups is 1. The SMILES string of the molecule is CCc1nc2sc(N3CCC4C3CCN4C(N)=O)nn2c1N(C)c1nc(-c2ccc(C)cc2)c(C#N)s1. The molecule has 4 aromatic rings. The number of fused-ring (bicyclic) bond motifs is 2. The second-order valence-corrected chi connectivity index (χ2v) is 11.4. The van der Waals surface area contributed by atoms with Crippen LogP contribution in [0.5, 0.6) is 0 Å². The lowest BCUT2D eigenvalue weighted by molar-refractivity contribution is 0.202. The Labute approximate surface area is 222 Å². The number of nitrogens with zero attached hydrogens (tertiary/aromatic N) is 8. The fraction of sp³-hybridized carbons (Fsp3) is 0.400. The average molecular weight is 534 g/mol. The fourth-order valence-electron chi connectivity index (χ4n) is 5.48. The Kier molecular flexibility index (Phi) is 5.77. The van der Waals surface area contributed by atoms with Crippen LogP contribution in [0.4, 0.5) is 20.9 Å². The summed E-state index contributed by atoms with van der Waals surface area (Å²) < 4.78 is 1.89. The Hall–Kier alpha value is -3.69. The van der Waals surface area contributed by atoms with Crippen LogP contribution >= 0.6 is 22.7 Å². The van der Waals surface area contributed by atoms with Crippen LogP contribution in [0.3, 0.4) is 0 Å². The summed E-state index contributed by atoms with van der Waals surface area (Å²) in [5.74, 6) is 0.856. The third-order valence-electron chi connectivity index (χ3n) is 7.33. The van der Waals surface area contributed by atoms with Gasteiger partial charge in [0, 0.05) is 25.7 Å². The molecule has 2 atom stereocenters. The second-order valence-electron chi connectivity index (χ2n) is 9.46. The number of hydrogen-bond acceptors (Lipinski definition) is 9. The summed E-state index contributed by atoms with van der Waals surface area (Å²) in [6.45, 7) is 5.63. The van der Waals surface area contributed by atoms with Crippen molar-refractivity contribution in [3.63, 3.8) is 0 Å². The number of nitriles is 1. The minimum absolute atomic E-state index is 0.141. The molecule has 2 unspecified atom stereocenters. The topological polar surface area (TPSA) is 120 Å². The predicted octanol–water partition coefficient (Wildman–Crippen LogP) is 4.16. The molecule has 2 amide bonds. The van der Waals surface area contributed by atoms with Gasteiger partial charge in [0.05, 0.1) is 17.8 Å². The van der Waals surface area contributed by atoms with Crippen molar-refractivity contribution < 1.29 is 4.79 Å². The van der Waals surface area contributed by atoms with Gasteiger partial charge < -0.3 is 20.4 Å². The maximum atomic E-state index is 11.8. The summed E-state index contributed by atoms with van der Waals surface area (Å²) in [5, 5.41) is 16.4. The second kappa shape index (κ2) is 9.00. The summed E-state index contributed by atoms with van der Waals surface area (Å²) in [4.78, 5) is 29.1. The lowest BCUT2D eigenvalue weighted by atomic mass is 10.1. The molecule has 2 fully saturated rings. The first kappa shape index (κ1) is 23.7. The van der Waals surface area contributed by atoms with Gasteiger partial charge in [0.25, 0.3) is 0 Å². The molecule has 0 saturated carbocycles. The van der Waals surface area contributed by atoms with Crippen LogP contribution in [-0.2, 0) is 6.42 Å². The van der Waals surface area contributed by atoms with Gasteiger partial charge in [0.15, 0.2) is 10.9 Å². The first-order chi connectivity index (χ1) is 17.9. The molecular formula is C25H27N9OS2. The number of benzene rings is 1. The molecule has 6 rings (SSSR count). The van der Waals surface area contributed by atoms with Gasteiger partial charge in [-0.3, -0.25) is 0 Å². The summed E-state index contributed by atoms with van der Waals surface area (Å²) in [5.41, 5.74) is 9.30. The smallest absolute Gasteiger partial charge is 0.315 e. The van der Waals surface area contributed by atoms with E-state index in [9.17, 15) is 10.1 Å². The number of carbonyl (C=O) groups excluding carboxylic acids is 1. The third-order valence-corrected chi connectivity index (χ3v) is 9.31. The maximum absolute atomic E-state index is 11.8. The van der Waals surface area contributed by atoms with E-state index in [2.05, 4.69) is 17.9 Å². The standard InChI is InChI=1S/C25H27N9OS2/c1-4-16-21(31(3)23-29-20(19(13-26)36-23)15-7-5-14(2)6-8-15)34-24(28-16)37-25(30-34)33-12-10-17-18(33)9-11-32(17)22(27)35/h5-8,17-18H,4,9-12H2,1-3H3,(H2,27,35). The molecule has 5 heterocycles. The van der Waals surface area contributed by atoms with E-state index in [4.69, 9.17) is 20.8 Å². The molecule has 0 aliphatic carbocycles. The highest BCUT2D eigenvalue weighted by molar-refractivity contribution is 7.20. The largest absolute Gasteiger partial charge is 0.351 e. The molecular weight excluding hydrogens is 506 g/mol. The number of urea groups is 1. The van der Waals surface area contributed by atoms with Gasteiger partial charge >= 0.3 is 6.03 Å². The van der Waals surface area contributed by atoms with Gasteiger partial charge in [-0.2, -0.15) is 9.78 Å². The summed E-state index contributed by atoms with van der Waals surface area (Å²) >= 11 is 2.93. The van der Waals surface area contributed by atoms with Crippen molar-refractivity contribution >= 4 is 49.7 Å². The summed E-state index contributed by atoms with van der Waals surface area (Å²) in [7, 11) is 1.95. The lowest BCUT2D eigenvalue weighted by Crippen LogP contribution is -2.42. The van der Waals surface area contributed by atoms with E-state index < -0.39 is 0 Å². The van der Waals surface area contributed by atoms with Gasteiger partial charge in [-0.05, 0) is 26.2 Å². The highest BCUT2D eigenvalue weighted by Gasteiger charge is 2.45. The first-order valence-electron chi connectivity index (χ1n) is 12.3. The van der Waals surface area contributed by atoms with Crippen LogP contribution in [0.15, 0.2) is 24.3 Å². The van der Waals surface area contributed by atoms with Gasteiger partial charge in [-0.25, -0.2) is 14.8 Å². The predicted molar refractivity (Wildman–Crippen MR) is 146 cm³/mol. The quantitative estimate of drug-likeness (QED) is 0.409. The van der Waals surface area contributed by atoms with E-state index >= 15 is 0 Å². The number of likely N-dealkylation sites (tertiary alicyclic amines) is 1. The molecule has 2 aliphatic rings. The Morgan fingerprint density at radius 2 is 1.95 bits per heavy atom. The molecule has 2 saturated heterocycles. The van der Waals surface area contributed by atoms with Crippen molar-refractivity contribution in [2.75, 3.05) is 29.9 Å². The van der Waals surface area contributed by atoms with Gasteiger partial charge in [0.1, 0.15) is 16.6 Å². The van der Waals surface area contributed by atoms with Gasteiger partial charge in [0.2, 0.25) is 10.1 Å². The lowest BCUT2D eigenvalue weighted by Gasteiger charge is -2.23. The fourth-order valence-corrected chi connectivity index (χ4v) is 7.33. The molecule has 0 radical (unpaired) electrons. The zero-order valence-electron chi connectivity index (χ0n) is 20.9. The highest BCUT2D eigenvalue weighted by Crippen LogP contribution is 2.40. The van der Waals surface area contributed by atoms with Crippen molar-refractivity contribution in [1.82, 2.24) is 24.5 Å². The Morgan fingerprint density at radius 1 is 1.19 bits per heavy atom. The summed E-state index contributed by atoms with van der Waals surface area (Å²) in [6, 6.07) is 10.4. The van der Waals surface area contributed by atoms with E-state index in [-0.39, 0.29) is 18.1 Å². The molecule has 2 aliphatic heterocycles. The molecule has 0 bridgehead atoms. The van der Waals surface area contributed by atoms with Crippen molar-refractivity contribution in [1.29, 1.82) is 5.26 Å². The van der Waals surface area contributed by atoms with E-state index in [0.29, 0.717) is 22.2 Å². The number of imidazole rings is 1. The zero-order valence-corrected chi connectivity index (χ0v) is 22.5. The molecule has 3 aromatic heterocycles. The number of nitrogens with two attached hydrogens (primary N) is 1. The van der Waals surface area contributed by atoms with Crippen molar-refractivity contribution in [2.24, 2.45) is 5.73 Å². The minimum Gasteiger partial charge on any atom is -0.351 e. The summed E-state index contributed by atoms with van der Waals surface area (Å²) in [6.07, 6.45) is 2.52. The Balaban J connectivity index is 1.36. The number of rotatable bonds is 5. The van der Waals surface area contributed by atoms with Crippen LogP contribution in [-0.4, -0.2) is 62.7 Å². The van der Waals surface area contributed by atoms with Crippen LogP contribution in [0.1, 0.15) is 35.9 Å². The zero-order chi connectivity index (χ0) is 25.8. The van der Waals surface area contributed by atoms with E-state index in [1.54, 1.807) is 16.2 Å². The molecule has 2 N–H and O–H groups in total. The number of thiazole rings is 1. The van der Waals surface area contributed by atoms with Crippen LogP contribution < -0.4 is 15.5 Å². The van der Waals surface area contributed by atoms with Crippen molar-refractivity contribution in [2.45, 2.75) is 45.2 Å². The van der Waals surface area contributed by atoms with Crippen molar-refractivity contribution in [3.05, 3.63) is 40.4 Å². The molecule has 10 nitrogen and oxygen atoms in total. The molecule has 190 valence electrons. The van der Waals surface area contributed by atoms with Crippen LogP contribution in [0, 0.1) is 18.3 Å². The Bertz CT molecular complexity index is 1530. The number of aromatic nitrogens is 4. The number of primary amides is 1. The number of anilines is 3. The normalized spacial score (nSPS) is 19.0. The average Bonchev–Trinajstić information content (AvgIpc) is 3.68. The van der Waals surface area contributed by atoms with E-state index in [1.807, 2.05) is 47.7 Å². The van der Waals surface area contributed by atoms with Crippen LogP contribution in [0.25, 0.3) is 16.2 Å². The Morgan fingerprint density at radius 3 is 2.65 bits per heavy atom. The maximum Gasteiger partial charge on any atom is 0.315 e. The van der Waals surface area contributed by atoms with Crippen LogP contribution in [0.2, 0.25) is 0 Å². The van der Waals surface area contributed by atoms with E-state index in [0.717, 1.165) is 58.5 Å². The highest BCUT2D eigenvalue weighted by atomic mass is 32.1. The first-order valence-corrected chi connectivity index (χ1v) is 14.0. The monoisotopic (exact) mass is 533 g/mol. The third kappa shape index (κ3) is 3.81. The molecule has 1 aromatic carbocycles. The molecule has 37 heavy (non-hydrogen) atoms. The molecule has 0 spiro atoms. The molecule has 12 heteroatoms. The minimum atomic E-state index is -0.343. The number of hydrogen-bond donors (Lipinski definition) is 1. The van der Waals surface area contributed by atoms with Crippen molar-refractivity contribution in [3.8, 4) is 17.3 Å². The number of aryl methyl sites for hydroxylation is 2. The number of amides is 2. The van der Waals surface area contributed by atoms with E-state index in [1.165, 1.54) is 11.3 Å². The van der Waals surface area contributed by atoms with Gasteiger partial charge in [-0.1, -0.05) is 59.4 Å².